The summed E-state index contributed by atoms with van der Waals surface area (Å²) in [6.45, 7) is 2.18. The molecule has 0 bridgehead atoms. The molecule has 94 valence electrons. The van der Waals surface area contributed by atoms with Crippen molar-refractivity contribution in [2.45, 2.75) is 32.6 Å². The van der Waals surface area contributed by atoms with Gasteiger partial charge in [-0.3, -0.25) is 4.79 Å². The largest absolute Gasteiger partial charge is 0.366 e. The van der Waals surface area contributed by atoms with Gasteiger partial charge in [0.05, 0.1) is 5.56 Å². The number of rotatable bonds is 5. The van der Waals surface area contributed by atoms with E-state index in [1.54, 1.807) is 0 Å². The maximum Gasteiger partial charge on any atom is 0.249 e. The predicted molar refractivity (Wildman–Crippen MR) is 75.7 cm³/mol. The van der Waals surface area contributed by atoms with E-state index in [2.05, 4.69) is 13.0 Å². The van der Waals surface area contributed by atoms with Crippen LogP contribution < -0.4 is 5.73 Å². The summed E-state index contributed by atoms with van der Waals surface area (Å²) in [5, 5.41) is 2.05. The molecule has 0 unspecified atom stereocenters. The quantitative estimate of drug-likeness (QED) is 0.797. The zero-order valence-corrected chi connectivity index (χ0v) is 10.8. The van der Waals surface area contributed by atoms with Crippen LogP contribution in [-0.4, -0.2) is 5.91 Å². The Hall–Kier alpha value is -1.83. The standard InChI is InChI=1S/C16H19NO/c1-2-3-4-8-13-11-10-12-7-5-6-9-14(12)15(13)16(17)18/h5-7,9-11H,2-4,8H2,1H3,(H2,17,18). The van der Waals surface area contributed by atoms with Crippen molar-refractivity contribution in [2.24, 2.45) is 5.73 Å². The average molecular weight is 241 g/mol. The van der Waals surface area contributed by atoms with E-state index in [0.29, 0.717) is 5.56 Å². The number of amides is 1. The summed E-state index contributed by atoms with van der Waals surface area (Å²) in [5.74, 6) is -0.321. The van der Waals surface area contributed by atoms with Gasteiger partial charge in [-0.2, -0.15) is 0 Å². The van der Waals surface area contributed by atoms with E-state index in [9.17, 15) is 4.79 Å². The Morgan fingerprint density at radius 1 is 1.11 bits per heavy atom. The molecular formula is C16H19NO. The van der Waals surface area contributed by atoms with Gasteiger partial charge in [-0.25, -0.2) is 0 Å². The molecule has 2 heteroatoms. The van der Waals surface area contributed by atoms with E-state index < -0.39 is 0 Å². The van der Waals surface area contributed by atoms with Gasteiger partial charge in [0, 0.05) is 0 Å². The number of unbranched alkanes of at least 4 members (excludes halogenated alkanes) is 2. The minimum Gasteiger partial charge on any atom is -0.366 e. The van der Waals surface area contributed by atoms with Crippen LogP contribution in [0.3, 0.4) is 0 Å². The summed E-state index contributed by atoms with van der Waals surface area (Å²) in [6.07, 6.45) is 4.40. The third kappa shape index (κ3) is 2.53. The van der Waals surface area contributed by atoms with E-state index in [-0.39, 0.29) is 5.91 Å². The average Bonchev–Trinajstić information content (AvgIpc) is 2.38. The summed E-state index contributed by atoms with van der Waals surface area (Å²) < 4.78 is 0. The van der Waals surface area contributed by atoms with Crippen LogP contribution in [0.15, 0.2) is 36.4 Å². The van der Waals surface area contributed by atoms with Crippen molar-refractivity contribution < 1.29 is 4.79 Å². The molecule has 1 amide bonds. The molecule has 0 spiro atoms. The Bertz CT molecular complexity index is 560. The molecule has 0 radical (unpaired) electrons. The minimum absolute atomic E-state index is 0.321. The normalized spacial score (nSPS) is 10.7. The first-order valence-electron chi connectivity index (χ1n) is 6.54. The summed E-state index contributed by atoms with van der Waals surface area (Å²) >= 11 is 0. The van der Waals surface area contributed by atoms with Crippen molar-refractivity contribution >= 4 is 16.7 Å². The smallest absolute Gasteiger partial charge is 0.249 e. The van der Waals surface area contributed by atoms with Crippen molar-refractivity contribution in [1.29, 1.82) is 0 Å². The number of hydrogen-bond acceptors (Lipinski definition) is 1. The van der Waals surface area contributed by atoms with Crippen LogP contribution >= 0.6 is 0 Å². The van der Waals surface area contributed by atoms with Crippen LogP contribution in [0.2, 0.25) is 0 Å². The van der Waals surface area contributed by atoms with Crippen LogP contribution in [0.5, 0.6) is 0 Å². The number of aryl methyl sites for hydroxylation is 1. The lowest BCUT2D eigenvalue weighted by Gasteiger charge is -2.10. The van der Waals surface area contributed by atoms with Gasteiger partial charge in [-0.15, -0.1) is 0 Å². The van der Waals surface area contributed by atoms with Crippen LogP contribution in [-0.2, 0) is 6.42 Å². The molecular weight excluding hydrogens is 222 g/mol. The Morgan fingerprint density at radius 2 is 1.89 bits per heavy atom. The first-order chi connectivity index (χ1) is 8.74. The molecule has 2 aromatic carbocycles. The minimum atomic E-state index is -0.321. The second-order valence-electron chi connectivity index (χ2n) is 4.64. The van der Waals surface area contributed by atoms with Crippen LogP contribution in [0.4, 0.5) is 0 Å². The van der Waals surface area contributed by atoms with Gasteiger partial charge < -0.3 is 5.73 Å². The molecule has 18 heavy (non-hydrogen) atoms. The highest BCUT2D eigenvalue weighted by Crippen LogP contribution is 2.23. The lowest BCUT2D eigenvalue weighted by molar-refractivity contribution is 0.100. The van der Waals surface area contributed by atoms with Gasteiger partial charge in [0.1, 0.15) is 0 Å². The number of carbonyl (C=O) groups excluding carboxylic acids is 1. The molecule has 2 aromatic rings. The molecule has 0 fully saturated rings. The summed E-state index contributed by atoms with van der Waals surface area (Å²) in [6, 6.07) is 12.0. The van der Waals surface area contributed by atoms with Gasteiger partial charge in [0.15, 0.2) is 0 Å². The topological polar surface area (TPSA) is 43.1 Å². The third-order valence-electron chi connectivity index (χ3n) is 3.31. The van der Waals surface area contributed by atoms with Crippen molar-refractivity contribution in [2.75, 3.05) is 0 Å². The first kappa shape index (κ1) is 12.6. The van der Waals surface area contributed by atoms with Crippen LogP contribution in [0.25, 0.3) is 10.8 Å². The van der Waals surface area contributed by atoms with E-state index in [0.717, 1.165) is 29.2 Å². The number of carbonyl (C=O) groups is 1. The molecule has 2 N–H and O–H groups in total. The van der Waals surface area contributed by atoms with E-state index >= 15 is 0 Å². The highest BCUT2D eigenvalue weighted by molar-refractivity contribution is 6.07. The van der Waals surface area contributed by atoms with Crippen molar-refractivity contribution in [3.05, 3.63) is 47.5 Å². The summed E-state index contributed by atoms with van der Waals surface area (Å²) in [4.78, 5) is 11.7. The number of fused-ring (bicyclic) bond motifs is 1. The van der Waals surface area contributed by atoms with Crippen LogP contribution in [0, 0.1) is 0 Å². The predicted octanol–water partition coefficient (Wildman–Crippen LogP) is 3.67. The van der Waals surface area contributed by atoms with Gasteiger partial charge in [-0.05, 0) is 29.2 Å². The van der Waals surface area contributed by atoms with Crippen LogP contribution in [0.1, 0.15) is 42.1 Å². The Balaban J connectivity index is 2.46. The maximum atomic E-state index is 11.7. The highest BCUT2D eigenvalue weighted by atomic mass is 16.1. The molecule has 2 nitrogen and oxygen atoms in total. The summed E-state index contributed by atoms with van der Waals surface area (Å²) in [7, 11) is 0. The summed E-state index contributed by atoms with van der Waals surface area (Å²) in [5.41, 5.74) is 7.32. The zero-order valence-electron chi connectivity index (χ0n) is 10.8. The number of nitrogens with two attached hydrogens (primary N) is 1. The molecule has 0 saturated carbocycles. The number of primary amides is 1. The van der Waals surface area contributed by atoms with E-state index in [1.165, 1.54) is 12.8 Å². The molecule has 0 aliphatic heterocycles. The lowest BCUT2D eigenvalue weighted by Crippen LogP contribution is -2.14. The number of hydrogen-bond donors (Lipinski definition) is 1. The van der Waals surface area contributed by atoms with Crippen molar-refractivity contribution in [1.82, 2.24) is 0 Å². The van der Waals surface area contributed by atoms with Gasteiger partial charge in [0.2, 0.25) is 5.91 Å². The molecule has 0 aliphatic carbocycles. The Labute approximate surface area is 108 Å². The molecule has 0 aliphatic rings. The Morgan fingerprint density at radius 3 is 2.61 bits per heavy atom. The second kappa shape index (κ2) is 5.67. The fourth-order valence-corrected chi connectivity index (χ4v) is 2.38. The van der Waals surface area contributed by atoms with E-state index in [1.807, 2.05) is 30.3 Å². The third-order valence-corrected chi connectivity index (χ3v) is 3.31. The van der Waals surface area contributed by atoms with Crippen molar-refractivity contribution in [3.63, 3.8) is 0 Å². The first-order valence-corrected chi connectivity index (χ1v) is 6.54. The fraction of sp³-hybridized carbons (Fsp3) is 0.312. The van der Waals surface area contributed by atoms with Gasteiger partial charge >= 0.3 is 0 Å². The molecule has 0 saturated heterocycles. The zero-order chi connectivity index (χ0) is 13.0. The maximum absolute atomic E-state index is 11.7. The lowest BCUT2D eigenvalue weighted by atomic mass is 9.95. The van der Waals surface area contributed by atoms with Gasteiger partial charge in [-0.1, -0.05) is 56.2 Å². The highest BCUT2D eigenvalue weighted by Gasteiger charge is 2.11. The fourth-order valence-electron chi connectivity index (χ4n) is 2.38. The molecule has 2 rings (SSSR count). The second-order valence-corrected chi connectivity index (χ2v) is 4.64. The number of benzene rings is 2. The van der Waals surface area contributed by atoms with E-state index in [4.69, 9.17) is 5.73 Å². The Kier molecular flexibility index (Phi) is 3.98. The van der Waals surface area contributed by atoms with Crippen molar-refractivity contribution in [3.8, 4) is 0 Å². The molecule has 0 aromatic heterocycles. The SMILES string of the molecule is CCCCCc1ccc2ccccc2c1C(N)=O. The molecule has 0 heterocycles. The molecule has 0 atom stereocenters. The monoisotopic (exact) mass is 241 g/mol. The van der Waals surface area contributed by atoms with Gasteiger partial charge in [0.25, 0.3) is 0 Å².